The monoisotopic (exact) mass is 262 g/mol. The zero-order chi connectivity index (χ0) is 13.6. The zero-order valence-corrected chi connectivity index (χ0v) is 11.6. The zero-order valence-electron chi connectivity index (χ0n) is 10.8. The second kappa shape index (κ2) is 6.86. The molecule has 0 rings (SSSR count). The van der Waals surface area contributed by atoms with Crippen molar-refractivity contribution in [1.29, 1.82) is 0 Å². The largest absolute Gasteiger partial charge is 0.480 e. The molecule has 6 heteroatoms. The van der Waals surface area contributed by atoms with Gasteiger partial charge in [-0.2, -0.15) is 11.8 Å². The van der Waals surface area contributed by atoms with Gasteiger partial charge in [-0.05, 0) is 27.7 Å². The first-order chi connectivity index (χ1) is 7.66. The van der Waals surface area contributed by atoms with E-state index in [4.69, 9.17) is 10.8 Å². The number of nitrogens with one attached hydrogen (secondary N) is 1. The average molecular weight is 262 g/mol. The summed E-state index contributed by atoms with van der Waals surface area (Å²) < 4.78 is -0.579. The molecule has 100 valence electrons. The molecule has 0 aromatic rings. The van der Waals surface area contributed by atoms with Crippen molar-refractivity contribution in [1.82, 2.24) is 5.32 Å². The number of carboxylic acid groups (broad SMARTS) is 1. The average Bonchev–Trinajstić information content (AvgIpc) is 2.14. The Balaban J connectivity index is 4.03. The highest BCUT2D eigenvalue weighted by molar-refractivity contribution is 8.00. The van der Waals surface area contributed by atoms with Gasteiger partial charge in [-0.3, -0.25) is 9.59 Å². The molecule has 0 saturated heterocycles. The molecular formula is C11H22N2O3S. The highest BCUT2D eigenvalue weighted by Crippen LogP contribution is 2.27. The molecule has 0 fully saturated rings. The number of carbonyl (C=O) groups is 2. The fourth-order valence-electron chi connectivity index (χ4n) is 1.19. The Morgan fingerprint density at radius 2 is 1.94 bits per heavy atom. The van der Waals surface area contributed by atoms with Crippen molar-refractivity contribution < 1.29 is 14.7 Å². The first-order valence-electron chi connectivity index (χ1n) is 5.58. The molecule has 0 saturated carbocycles. The molecule has 0 aliphatic rings. The van der Waals surface area contributed by atoms with Gasteiger partial charge in [-0.1, -0.05) is 0 Å². The van der Waals surface area contributed by atoms with Gasteiger partial charge in [0, 0.05) is 23.0 Å². The smallest absolute Gasteiger partial charge is 0.321 e. The molecule has 4 N–H and O–H groups in total. The van der Waals surface area contributed by atoms with Crippen molar-refractivity contribution in [2.24, 2.45) is 5.73 Å². The molecule has 17 heavy (non-hydrogen) atoms. The van der Waals surface area contributed by atoms with Gasteiger partial charge in [0.2, 0.25) is 5.91 Å². The molecule has 1 amide bonds. The third-order valence-corrected chi connectivity index (χ3v) is 3.67. The molecule has 0 radical (unpaired) electrons. The van der Waals surface area contributed by atoms with Crippen LogP contribution in [0.5, 0.6) is 0 Å². The second-order valence-corrected chi connectivity index (χ2v) is 6.49. The van der Waals surface area contributed by atoms with Crippen molar-refractivity contribution in [3.05, 3.63) is 0 Å². The van der Waals surface area contributed by atoms with Gasteiger partial charge in [-0.15, -0.1) is 0 Å². The van der Waals surface area contributed by atoms with Gasteiger partial charge in [0.15, 0.2) is 0 Å². The fraction of sp³-hybridized carbons (Fsp3) is 0.818. The van der Waals surface area contributed by atoms with E-state index in [0.717, 1.165) is 0 Å². The maximum Gasteiger partial charge on any atom is 0.321 e. The maximum absolute atomic E-state index is 11.4. The van der Waals surface area contributed by atoms with E-state index in [9.17, 15) is 9.59 Å². The number of nitrogens with two attached hydrogens (primary N) is 1. The van der Waals surface area contributed by atoms with E-state index in [1.807, 2.05) is 13.8 Å². The standard InChI is InChI=1S/C11H22N2O3S/c1-7(2)13-8(14)5-6-17-11(3,4)9(12)10(15)16/h7,9H,5-6,12H2,1-4H3,(H,13,14)(H,15,16)/t9-/m0/s1. The van der Waals surface area contributed by atoms with Crippen molar-refractivity contribution >= 4 is 23.6 Å². The van der Waals surface area contributed by atoms with Crippen LogP contribution >= 0.6 is 11.8 Å². The fourth-order valence-corrected chi connectivity index (χ4v) is 2.28. The lowest BCUT2D eigenvalue weighted by atomic mass is 10.1. The van der Waals surface area contributed by atoms with E-state index in [1.54, 1.807) is 13.8 Å². The highest BCUT2D eigenvalue weighted by atomic mass is 32.2. The number of thioether (sulfide) groups is 1. The number of hydrogen-bond donors (Lipinski definition) is 3. The van der Waals surface area contributed by atoms with E-state index >= 15 is 0 Å². The minimum Gasteiger partial charge on any atom is -0.480 e. The molecule has 1 atom stereocenters. The SMILES string of the molecule is CC(C)NC(=O)CCSC(C)(C)[C@@H](N)C(=O)O. The lowest BCUT2D eigenvalue weighted by molar-refractivity contribution is -0.139. The first kappa shape index (κ1) is 16.2. The van der Waals surface area contributed by atoms with Gasteiger partial charge in [0.1, 0.15) is 6.04 Å². The summed E-state index contributed by atoms with van der Waals surface area (Å²) in [6.07, 6.45) is 0.374. The Morgan fingerprint density at radius 3 is 2.35 bits per heavy atom. The van der Waals surface area contributed by atoms with Gasteiger partial charge in [-0.25, -0.2) is 0 Å². The Labute approximate surface area is 107 Å². The Hall–Kier alpha value is -0.750. The molecule has 0 bridgehead atoms. The molecule has 0 heterocycles. The van der Waals surface area contributed by atoms with Crippen LogP contribution in [0, 0.1) is 0 Å². The van der Waals surface area contributed by atoms with Crippen LogP contribution in [0.4, 0.5) is 0 Å². The summed E-state index contributed by atoms with van der Waals surface area (Å²) in [6, 6.07) is -0.803. The summed E-state index contributed by atoms with van der Waals surface area (Å²) in [5.41, 5.74) is 5.57. The predicted octanol–water partition coefficient (Wildman–Crippen LogP) is 0.825. The van der Waals surface area contributed by atoms with Crippen LogP contribution in [0.3, 0.4) is 0 Å². The van der Waals surface area contributed by atoms with Gasteiger partial charge >= 0.3 is 5.97 Å². The Kier molecular flexibility index (Phi) is 6.56. The molecule has 0 spiro atoms. The van der Waals surface area contributed by atoms with Crippen molar-refractivity contribution in [2.45, 2.75) is 50.9 Å². The molecule has 0 aliphatic carbocycles. The van der Waals surface area contributed by atoms with Crippen LogP contribution in [0.15, 0.2) is 0 Å². The Bertz CT molecular complexity index is 280. The maximum atomic E-state index is 11.4. The molecule has 0 aromatic heterocycles. The summed E-state index contributed by atoms with van der Waals surface area (Å²) >= 11 is 1.40. The molecule has 0 aliphatic heterocycles. The highest BCUT2D eigenvalue weighted by Gasteiger charge is 2.32. The number of carboxylic acids is 1. The molecule has 0 aromatic carbocycles. The molecule has 0 unspecified atom stereocenters. The minimum atomic E-state index is -1.02. The first-order valence-corrected chi connectivity index (χ1v) is 6.57. The van der Waals surface area contributed by atoms with E-state index in [0.29, 0.717) is 12.2 Å². The Morgan fingerprint density at radius 1 is 1.41 bits per heavy atom. The van der Waals surface area contributed by atoms with Crippen molar-refractivity contribution in [3.8, 4) is 0 Å². The van der Waals surface area contributed by atoms with Crippen LogP contribution in [0.2, 0.25) is 0 Å². The summed E-state index contributed by atoms with van der Waals surface area (Å²) in [4.78, 5) is 22.1. The van der Waals surface area contributed by atoms with Crippen LogP contribution in [0.1, 0.15) is 34.1 Å². The number of rotatable bonds is 7. The van der Waals surface area contributed by atoms with E-state index in [-0.39, 0.29) is 11.9 Å². The van der Waals surface area contributed by atoms with E-state index < -0.39 is 16.8 Å². The van der Waals surface area contributed by atoms with Gasteiger partial charge < -0.3 is 16.2 Å². The predicted molar refractivity (Wildman–Crippen MR) is 70.0 cm³/mol. The second-order valence-electron chi connectivity index (χ2n) is 4.74. The number of aliphatic carboxylic acids is 1. The number of carbonyl (C=O) groups excluding carboxylic acids is 1. The number of amides is 1. The normalized spacial score (nSPS) is 13.5. The summed E-state index contributed by atoms with van der Waals surface area (Å²) in [7, 11) is 0. The van der Waals surface area contributed by atoms with E-state index in [2.05, 4.69) is 5.32 Å². The van der Waals surface area contributed by atoms with Crippen molar-refractivity contribution in [2.75, 3.05) is 5.75 Å². The van der Waals surface area contributed by atoms with Crippen LogP contribution < -0.4 is 11.1 Å². The minimum absolute atomic E-state index is 0.0211. The number of hydrogen-bond acceptors (Lipinski definition) is 4. The van der Waals surface area contributed by atoms with Gasteiger partial charge in [0.25, 0.3) is 0 Å². The van der Waals surface area contributed by atoms with Crippen LogP contribution in [-0.4, -0.2) is 39.6 Å². The topological polar surface area (TPSA) is 92.4 Å². The molecular weight excluding hydrogens is 240 g/mol. The molecule has 5 nitrogen and oxygen atoms in total. The van der Waals surface area contributed by atoms with Gasteiger partial charge in [0.05, 0.1) is 0 Å². The third-order valence-electron chi connectivity index (χ3n) is 2.27. The summed E-state index contributed by atoms with van der Waals surface area (Å²) in [5, 5.41) is 11.6. The lowest BCUT2D eigenvalue weighted by Gasteiger charge is -2.27. The lowest BCUT2D eigenvalue weighted by Crippen LogP contribution is -2.47. The quantitative estimate of drug-likeness (QED) is 0.632. The van der Waals surface area contributed by atoms with Crippen LogP contribution in [0.25, 0.3) is 0 Å². The third kappa shape index (κ3) is 6.53. The van der Waals surface area contributed by atoms with Crippen LogP contribution in [-0.2, 0) is 9.59 Å². The summed E-state index contributed by atoms with van der Waals surface area (Å²) in [5.74, 6) is -0.478. The summed E-state index contributed by atoms with van der Waals surface area (Å²) in [6.45, 7) is 7.35. The van der Waals surface area contributed by atoms with Crippen molar-refractivity contribution in [3.63, 3.8) is 0 Å². The van der Waals surface area contributed by atoms with E-state index in [1.165, 1.54) is 11.8 Å².